The Kier molecular flexibility index (Phi) is 1.51. The van der Waals surface area contributed by atoms with Gasteiger partial charge in [-0.15, -0.1) is 0 Å². The fraction of sp³-hybridized carbons (Fsp3) is 0.250. The highest BCUT2D eigenvalue weighted by molar-refractivity contribution is 7.13. The van der Waals surface area contributed by atoms with E-state index < -0.39 is 0 Å². The molecule has 0 unspecified atom stereocenters. The molecule has 0 fully saturated rings. The molecule has 0 amide bonds. The van der Waals surface area contributed by atoms with Crippen molar-refractivity contribution in [2.75, 3.05) is 0 Å². The van der Waals surface area contributed by atoms with Gasteiger partial charge in [0, 0.05) is 11.9 Å². The van der Waals surface area contributed by atoms with E-state index in [0.717, 1.165) is 21.3 Å². The van der Waals surface area contributed by atoms with Crippen molar-refractivity contribution < 1.29 is 0 Å². The smallest absolute Gasteiger partial charge is 0.266 e. The maximum atomic E-state index is 11.3. The zero-order valence-electron chi connectivity index (χ0n) is 6.84. The number of nitrogens with zero attached hydrogens (tertiary/aromatic N) is 1. The van der Waals surface area contributed by atoms with Crippen LogP contribution >= 0.6 is 11.5 Å². The number of H-pyrrole nitrogens is 1. The van der Waals surface area contributed by atoms with Crippen LogP contribution in [0.25, 0.3) is 10.1 Å². The Hall–Kier alpha value is -1.16. The van der Waals surface area contributed by atoms with Gasteiger partial charge in [-0.2, -0.15) is 0 Å². The van der Waals surface area contributed by atoms with Gasteiger partial charge >= 0.3 is 0 Å². The third kappa shape index (κ3) is 0.881. The van der Waals surface area contributed by atoms with Crippen molar-refractivity contribution in [3.63, 3.8) is 0 Å². The molecule has 0 radical (unpaired) electrons. The van der Waals surface area contributed by atoms with Crippen LogP contribution < -0.4 is 5.56 Å². The zero-order chi connectivity index (χ0) is 8.72. The summed E-state index contributed by atoms with van der Waals surface area (Å²) in [7, 11) is 0. The van der Waals surface area contributed by atoms with Crippen molar-refractivity contribution in [3.05, 3.63) is 27.8 Å². The molecule has 2 aromatic heterocycles. The van der Waals surface area contributed by atoms with Crippen LogP contribution in [0, 0.1) is 13.8 Å². The molecule has 0 saturated carbocycles. The topological polar surface area (TPSA) is 45.8 Å². The highest BCUT2D eigenvalue weighted by Gasteiger charge is 2.06. The Morgan fingerprint density at radius 3 is 3.00 bits per heavy atom. The van der Waals surface area contributed by atoms with Gasteiger partial charge in [0.25, 0.3) is 5.56 Å². The molecule has 0 aliphatic rings. The minimum Gasteiger partial charge on any atom is -0.277 e. The number of aromatic nitrogens is 2. The number of pyridine rings is 1. The average molecular weight is 180 g/mol. The van der Waals surface area contributed by atoms with Crippen molar-refractivity contribution in [1.82, 2.24) is 9.36 Å². The molecule has 4 heteroatoms. The molecule has 2 heterocycles. The van der Waals surface area contributed by atoms with Crippen molar-refractivity contribution >= 4 is 21.6 Å². The lowest BCUT2D eigenvalue weighted by atomic mass is 10.1. The molecule has 62 valence electrons. The van der Waals surface area contributed by atoms with E-state index in [2.05, 4.69) is 9.36 Å². The Balaban J connectivity index is 3.06. The third-order valence-corrected chi connectivity index (χ3v) is 2.84. The lowest BCUT2D eigenvalue weighted by molar-refractivity contribution is 1.18. The fourth-order valence-corrected chi connectivity index (χ4v) is 1.95. The first-order chi connectivity index (χ1) is 5.70. The van der Waals surface area contributed by atoms with Crippen LogP contribution in [-0.2, 0) is 0 Å². The molecule has 0 aliphatic heterocycles. The molecular formula is C8H8N2OS. The summed E-state index contributed by atoms with van der Waals surface area (Å²) in [6, 6.07) is 0. The van der Waals surface area contributed by atoms with Gasteiger partial charge in [0.15, 0.2) is 0 Å². The van der Waals surface area contributed by atoms with Crippen LogP contribution in [0.5, 0.6) is 0 Å². The lowest BCUT2D eigenvalue weighted by Gasteiger charge is -1.96. The summed E-state index contributed by atoms with van der Waals surface area (Å²) in [5.74, 6) is 0. The minimum absolute atomic E-state index is 0.00185. The second-order valence-corrected chi connectivity index (χ2v) is 3.59. The van der Waals surface area contributed by atoms with Crippen LogP contribution in [0.15, 0.2) is 11.0 Å². The van der Waals surface area contributed by atoms with E-state index >= 15 is 0 Å². The largest absolute Gasteiger partial charge is 0.277 e. The fourth-order valence-electron chi connectivity index (χ4n) is 1.19. The predicted molar refractivity (Wildman–Crippen MR) is 49.7 cm³/mol. The van der Waals surface area contributed by atoms with E-state index in [0.29, 0.717) is 0 Å². The summed E-state index contributed by atoms with van der Waals surface area (Å²) < 4.78 is 3.62. The Bertz CT molecular complexity index is 483. The van der Waals surface area contributed by atoms with E-state index in [1.165, 1.54) is 11.5 Å². The van der Waals surface area contributed by atoms with E-state index in [9.17, 15) is 4.79 Å². The summed E-state index contributed by atoms with van der Waals surface area (Å²) in [6.45, 7) is 3.83. The molecule has 0 aromatic carbocycles. The van der Waals surface area contributed by atoms with Gasteiger partial charge in [0.1, 0.15) is 0 Å². The quantitative estimate of drug-likeness (QED) is 0.669. The first-order valence-corrected chi connectivity index (χ1v) is 4.45. The minimum atomic E-state index is -0.00185. The van der Waals surface area contributed by atoms with Crippen molar-refractivity contribution in [2.24, 2.45) is 0 Å². The van der Waals surface area contributed by atoms with Crippen molar-refractivity contribution in [1.29, 1.82) is 0 Å². The van der Waals surface area contributed by atoms with Gasteiger partial charge in [-0.3, -0.25) is 14.2 Å². The van der Waals surface area contributed by atoms with Crippen molar-refractivity contribution in [2.45, 2.75) is 13.8 Å². The number of hydrogen-bond donors (Lipinski definition) is 1. The Morgan fingerprint density at radius 1 is 1.50 bits per heavy atom. The number of rotatable bonds is 0. The van der Waals surface area contributed by atoms with E-state index in [4.69, 9.17) is 0 Å². The zero-order valence-corrected chi connectivity index (χ0v) is 7.66. The molecule has 0 spiro atoms. The summed E-state index contributed by atoms with van der Waals surface area (Å²) >= 11 is 1.34. The number of fused-ring (bicyclic) bond motifs is 1. The van der Waals surface area contributed by atoms with Crippen LogP contribution in [0.2, 0.25) is 0 Å². The Morgan fingerprint density at radius 2 is 2.25 bits per heavy atom. The van der Waals surface area contributed by atoms with Gasteiger partial charge in [0.05, 0.1) is 10.1 Å². The molecule has 2 rings (SSSR count). The van der Waals surface area contributed by atoms with Gasteiger partial charge in [-0.25, -0.2) is 0 Å². The van der Waals surface area contributed by atoms with Crippen LogP contribution in [0.3, 0.4) is 0 Å². The third-order valence-electron chi connectivity index (χ3n) is 2.02. The molecule has 3 nitrogen and oxygen atoms in total. The van der Waals surface area contributed by atoms with Crippen LogP contribution in [0.4, 0.5) is 0 Å². The van der Waals surface area contributed by atoms with Gasteiger partial charge in [0.2, 0.25) is 0 Å². The summed E-state index contributed by atoms with van der Waals surface area (Å²) in [4.78, 5) is 15.5. The van der Waals surface area contributed by atoms with Gasteiger partial charge in [-0.1, -0.05) is 11.5 Å². The second kappa shape index (κ2) is 2.42. The van der Waals surface area contributed by atoms with E-state index in [-0.39, 0.29) is 5.56 Å². The standard InChI is InChI=1S/C8H8N2OS/c1-4-5(2)9-3-6-7(4)8(11)10-12-6/h3H,1-2H3,(H,10,11). The SMILES string of the molecule is Cc1ncc2s[nH]c(=O)c2c1C. The number of hydrogen-bond acceptors (Lipinski definition) is 3. The van der Waals surface area contributed by atoms with Gasteiger partial charge in [-0.05, 0) is 19.4 Å². The van der Waals surface area contributed by atoms with Gasteiger partial charge < -0.3 is 0 Å². The summed E-state index contributed by atoms with van der Waals surface area (Å²) in [5.41, 5.74) is 1.90. The molecule has 2 aromatic rings. The first-order valence-electron chi connectivity index (χ1n) is 3.63. The highest BCUT2D eigenvalue weighted by atomic mass is 32.1. The predicted octanol–water partition coefficient (Wildman–Crippen LogP) is 1.60. The lowest BCUT2D eigenvalue weighted by Crippen LogP contribution is -2.00. The highest BCUT2D eigenvalue weighted by Crippen LogP contribution is 2.18. The molecule has 0 saturated heterocycles. The molecule has 0 bridgehead atoms. The molecule has 0 aliphatic carbocycles. The summed E-state index contributed by atoms with van der Waals surface area (Å²) in [5, 5.41) is 0.785. The Labute approximate surface area is 73.2 Å². The monoisotopic (exact) mass is 180 g/mol. The number of nitrogens with one attached hydrogen (secondary N) is 1. The average Bonchev–Trinajstić information content (AvgIpc) is 2.41. The van der Waals surface area contributed by atoms with E-state index in [1.54, 1.807) is 6.20 Å². The number of aryl methyl sites for hydroxylation is 2. The molecule has 1 N–H and O–H groups in total. The molecule has 12 heavy (non-hydrogen) atoms. The van der Waals surface area contributed by atoms with Crippen molar-refractivity contribution in [3.8, 4) is 0 Å². The normalized spacial score (nSPS) is 10.8. The van der Waals surface area contributed by atoms with Crippen LogP contribution in [-0.4, -0.2) is 9.36 Å². The maximum Gasteiger partial charge on any atom is 0.266 e. The molecular weight excluding hydrogens is 172 g/mol. The first kappa shape index (κ1) is 7.49. The second-order valence-electron chi connectivity index (χ2n) is 2.74. The summed E-state index contributed by atoms with van der Waals surface area (Å²) in [6.07, 6.45) is 1.74. The van der Waals surface area contributed by atoms with E-state index in [1.807, 2.05) is 13.8 Å². The van der Waals surface area contributed by atoms with Crippen LogP contribution in [0.1, 0.15) is 11.3 Å². The molecule has 0 atom stereocenters. The number of aromatic amines is 1. The maximum absolute atomic E-state index is 11.3.